The van der Waals surface area contributed by atoms with Crippen molar-refractivity contribution < 1.29 is 4.74 Å². The van der Waals surface area contributed by atoms with E-state index in [1.807, 2.05) is 0 Å². The van der Waals surface area contributed by atoms with Gasteiger partial charge in [-0.15, -0.1) is 0 Å². The summed E-state index contributed by atoms with van der Waals surface area (Å²) in [5.41, 5.74) is 8.35. The number of nitrogens with two attached hydrogens (primary N) is 1. The lowest BCUT2D eigenvalue weighted by molar-refractivity contribution is 0.276. The topological polar surface area (TPSA) is 35.2 Å². The molecule has 82 valence electrons. The average Bonchev–Trinajstić information content (AvgIpc) is 2.82. The molecule has 0 aromatic heterocycles. The van der Waals surface area contributed by atoms with Gasteiger partial charge in [-0.1, -0.05) is 0 Å². The maximum absolute atomic E-state index is 6.00. The van der Waals surface area contributed by atoms with Crippen LogP contribution in [0.1, 0.15) is 24.0 Å². The number of hydrogen-bond donors (Lipinski definition) is 1. The van der Waals surface area contributed by atoms with E-state index < -0.39 is 0 Å². The number of hydrogen-bond acceptors (Lipinski definition) is 2. The van der Waals surface area contributed by atoms with Gasteiger partial charge in [0.1, 0.15) is 12.4 Å². The smallest absolute Gasteiger partial charge is 0.125 e. The van der Waals surface area contributed by atoms with Crippen molar-refractivity contribution in [3.63, 3.8) is 0 Å². The molecule has 1 aromatic rings. The van der Waals surface area contributed by atoms with Crippen LogP contribution >= 0.6 is 22.6 Å². The SMILES string of the molecule is Cc1cc(I)cc(C)c1OCC1(N)CC1. The van der Waals surface area contributed by atoms with Crippen molar-refractivity contribution in [1.29, 1.82) is 0 Å². The van der Waals surface area contributed by atoms with Crippen LogP contribution in [0.25, 0.3) is 0 Å². The molecule has 0 amide bonds. The molecule has 0 unspecified atom stereocenters. The van der Waals surface area contributed by atoms with E-state index in [9.17, 15) is 0 Å². The Kier molecular flexibility index (Phi) is 2.94. The van der Waals surface area contributed by atoms with Crippen LogP contribution in [-0.4, -0.2) is 12.1 Å². The van der Waals surface area contributed by atoms with Crippen LogP contribution in [-0.2, 0) is 0 Å². The van der Waals surface area contributed by atoms with Crippen molar-refractivity contribution >= 4 is 22.6 Å². The molecule has 2 rings (SSSR count). The third-order valence-corrected chi connectivity index (χ3v) is 3.44. The van der Waals surface area contributed by atoms with Gasteiger partial charge in [-0.05, 0) is 72.5 Å². The second-order valence-corrected chi connectivity index (χ2v) is 5.77. The first-order valence-electron chi connectivity index (χ1n) is 5.19. The molecule has 0 heterocycles. The van der Waals surface area contributed by atoms with E-state index in [1.165, 1.54) is 14.7 Å². The van der Waals surface area contributed by atoms with E-state index in [0.717, 1.165) is 18.6 Å². The predicted molar refractivity (Wildman–Crippen MR) is 70.3 cm³/mol. The van der Waals surface area contributed by atoms with Crippen LogP contribution in [0, 0.1) is 17.4 Å². The first-order chi connectivity index (χ1) is 7.00. The van der Waals surface area contributed by atoms with Gasteiger partial charge >= 0.3 is 0 Å². The van der Waals surface area contributed by atoms with Crippen molar-refractivity contribution in [2.24, 2.45) is 5.73 Å². The van der Waals surface area contributed by atoms with Gasteiger partial charge in [-0.3, -0.25) is 0 Å². The van der Waals surface area contributed by atoms with E-state index in [1.54, 1.807) is 0 Å². The Morgan fingerprint density at radius 1 is 1.33 bits per heavy atom. The Morgan fingerprint density at radius 3 is 2.33 bits per heavy atom. The first-order valence-corrected chi connectivity index (χ1v) is 6.26. The number of rotatable bonds is 3. The number of aryl methyl sites for hydroxylation is 2. The van der Waals surface area contributed by atoms with E-state index in [4.69, 9.17) is 10.5 Å². The molecule has 2 N–H and O–H groups in total. The van der Waals surface area contributed by atoms with Gasteiger partial charge in [0, 0.05) is 3.57 Å². The highest BCUT2D eigenvalue weighted by atomic mass is 127. The monoisotopic (exact) mass is 317 g/mol. The van der Waals surface area contributed by atoms with Crippen molar-refractivity contribution in [2.75, 3.05) is 6.61 Å². The zero-order valence-electron chi connectivity index (χ0n) is 9.14. The summed E-state index contributed by atoms with van der Waals surface area (Å²) in [6, 6.07) is 4.28. The Hall–Kier alpha value is -0.290. The second kappa shape index (κ2) is 3.94. The maximum atomic E-state index is 6.00. The Bertz CT molecular complexity index is 362. The van der Waals surface area contributed by atoms with Crippen LogP contribution < -0.4 is 10.5 Å². The highest BCUT2D eigenvalue weighted by molar-refractivity contribution is 14.1. The lowest BCUT2D eigenvalue weighted by atomic mass is 10.1. The van der Waals surface area contributed by atoms with Crippen LogP contribution in [0.15, 0.2) is 12.1 Å². The molecule has 1 aromatic carbocycles. The Morgan fingerprint density at radius 2 is 1.87 bits per heavy atom. The van der Waals surface area contributed by atoms with Crippen LogP contribution in [0.3, 0.4) is 0 Å². The maximum Gasteiger partial charge on any atom is 0.125 e. The molecule has 1 aliphatic carbocycles. The molecule has 0 radical (unpaired) electrons. The van der Waals surface area contributed by atoms with E-state index in [0.29, 0.717) is 6.61 Å². The average molecular weight is 317 g/mol. The predicted octanol–water partition coefficient (Wildman–Crippen LogP) is 2.78. The molecular formula is C12H16INO. The highest BCUT2D eigenvalue weighted by Gasteiger charge is 2.39. The first kappa shape index (κ1) is 11.2. The van der Waals surface area contributed by atoms with Crippen LogP contribution in [0.4, 0.5) is 0 Å². The molecule has 0 aliphatic heterocycles. The minimum atomic E-state index is -0.0398. The molecule has 2 nitrogen and oxygen atoms in total. The molecule has 0 saturated heterocycles. The molecule has 1 aliphatic rings. The normalized spacial score (nSPS) is 17.6. The summed E-state index contributed by atoms with van der Waals surface area (Å²) < 4.78 is 7.07. The van der Waals surface area contributed by atoms with Gasteiger partial charge < -0.3 is 10.5 Å². The molecular weight excluding hydrogens is 301 g/mol. The van der Waals surface area contributed by atoms with E-state index in [-0.39, 0.29) is 5.54 Å². The van der Waals surface area contributed by atoms with E-state index >= 15 is 0 Å². The van der Waals surface area contributed by atoms with Gasteiger partial charge in [-0.2, -0.15) is 0 Å². The number of ether oxygens (including phenoxy) is 1. The third-order valence-electron chi connectivity index (χ3n) is 2.82. The summed E-state index contributed by atoms with van der Waals surface area (Å²) in [4.78, 5) is 0. The standard InChI is InChI=1S/C12H16INO/c1-8-5-10(13)6-9(2)11(8)15-7-12(14)3-4-12/h5-6H,3-4,7,14H2,1-2H3. The molecule has 3 heteroatoms. The Balaban J connectivity index is 2.13. The summed E-state index contributed by atoms with van der Waals surface area (Å²) in [7, 11) is 0. The summed E-state index contributed by atoms with van der Waals surface area (Å²) in [5, 5.41) is 0. The zero-order chi connectivity index (χ0) is 11.1. The zero-order valence-corrected chi connectivity index (χ0v) is 11.3. The molecule has 0 spiro atoms. The fraction of sp³-hybridized carbons (Fsp3) is 0.500. The van der Waals surface area contributed by atoms with Crippen molar-refractivity contribution in [2.45, 2.75) is 32.2 Å². The Labute approximate surface area is 104 Å². The third kappa shape index (κ3) is 2.64. The van der Waals surface area contributed by atoms with Gasteiger partial charge in [-0.25, -0.2) is 0 Å². The minimum Gasteiger partial charge on any atom is -0.491 e. The fourth-order valence-electron chi connectivity index (χ4n) is 1.65. The van der Waals surface area contributed by atoms with Gasteiger partial charge in [0.2, 0.25) is 0 Å². The van der Waals surface area contributed by atoms with Gasteiger partial charge in [0.05, 0.1) is 5.54 Å². The number of halogens is 1. The van der Waals surface area contributed by atoms with Gasteiger partial charge in [0.25, 0.3) is 0 Å². The quantitative estimate of drug-likeness (QED) is 0.870. The van der Waals surface area contributed by atoms with Crippen LogP contribution in [0.5, 0.6) is 5.75 Å². The molecule has 0 atom stereocenters. The molecule has 15 heavy (non-hydrogen) atoms. The van der Waals surface area contributed by atoms with E-state index in [2.05, 4.69) is 48.6 Å². The second-order valence-electron chi connectivity index (χ2n) is 4.52. The lowest BCUT2D eigenvalue weighted by Crippen LogP contribution is -2.30. The van der Waals surface area contributed by atoms with Crippen molar-refractivity contribution in [3.8, 4) is 5.75 Å². The van der Waals surface area contributed by atoms with Gasteiger partial charge in [0.15, 0.2) is 0 Å². The van der Waals surface area contributed by atoms with Crippen LogP contribution in [0.2, 0.25) is 0 Å². The fourth-order valence-corrected chi connectivity index (χ4v) is 2.58. The lowest BCUT2D eigenvalue weighted by Gasteiger charge is -2.15. The number of benzene rings is 1. The molecule has 1 saturated carbocycles. The molecule has 1 fully saturated rings. The summed E-state index contributed by atoms with van der Waals surface area (Å²) in [6.07, 6.45) is 2.19. The molecule has 0 bridgehead atoms. The highest BCUT2D eigenvalue weighted by Crippen LogP contribution is 2.34. The minimum absolute atomic E-state index is 0.0398. The largest absolute Gasteiger partial charge is 0.491 e. The summed E-state index contributed by atoms with van der Waals surface area (Å²) in [6.45, 7) is 4.82. The van der Waals surface area contributed by atoms with Crippen molar-refractivity contribution in [1.82, 2.24) is 0 Å². The summed E-state index contributed by atoms with van der Waals surface area (Å²) >= 11 is 2.32. The van der Waals surface area contributed by atoms with Crippen molar-refractivity contribution in [3.05, 3.63) is 26.8 Å². The summed E-state index contributed by atoms with van der Waals surface area (Å²) in [5.74, 6) is 1.01.